The van der Waals surface area contributed by atoms with Crippen LogP contribution >= 0.6 is 22.6 Å². The van der Waals surface area contributed by atoms with E-state index in [1.165, 1.54) is 12.1 Å². The second kappa shape index (κ2) is 13.4. The van der Waals surface area contributed by atoms with E-state index in [9.17, 15) is 15.0 Å². The van der Waals surface area contributed by atoms with Crippen LogP contribution in [-0.2, 0) is 0 Å². The van der Waals surface area contributed by atoms with Gasteiger partial charge < -0.3 is 20.4 Å². The Morgan fingerprint density at radius 3 is 2.61 bits per heavy atom. The normalized spacial score (nSPS) is 11.9. The Hall–Kier alpha value is -2.92. The highest BCUT2D eigenvalue weighted by Crippen LogP contribution is 2.32. The average Bonchev–Trinajstić information content (AvgIpc) is 2.87. The number of nitrogens with zero attached hydrogens (tertiary/aromatic N) is 5. The first-order valence-electron chi connectivity index (χ1n) is 12.1. The van der Waals surface area contributed by atoms with Gasteiger partial charge in [0.05, 0.1) is 28.6 Å². The van der Waals surface area contributed by atoms with Gasteiger partial charge in [0.2, 0.25) is 0 Å². The van der Waals surface area contributed by atoms with Gasteiger partial charge >= 0.3 is 0 Å². The number of nitrogens with one attached hydrogen (secondary N) is 1. The zero-order valence-corrected chi connectivity index (χ0v) is 22.6. The maximum atomic E-state index is 13.0. The number of rotatable bonds is 12. The van der Waals surface area contributed by atoms with E-state index in [2.05, 4.69) is 39.1 Å². The molecule has 1 atom stereocenters. The molecule has 0 spiro atoms. The first kappa shape index (κ1) is 27.7. The zero-order chi connectivity index (χ0) is 26.1. The number of benzene rings is 2. The highest BCUT2D eigenvalue weighted by molar-refractivity contribution is 14.1. The van der Waals surface area contributed by atoms with Crippen molar-refractivity contribution in [2.45, 2.75) is 45.6 Å². The Morgan fingerprint density at radius 1 is 1.22 bits per heavy atom. The molecule has 36 heavy (non-hydrogen) atoms. The third-order valence-corrected chi connectivity index (χ3v) is 6.83. The van der Waals surface area contributed by atoms with Gasteiger partial charge in [-0.05, 0) is 83.9 Å². The monoisotopic (exact) mass is 602 g/mol. The fourth-order valence-corrected chi connectivity index (χ4v) is 4.61. The number of hydrogen-bond acceptors (Lipinski definition) is 6. The molecule has 0 aliphatic heterocycles. The van der Waals surface area contributed by atoms with Crippen molar-refractivity contribution in [3.63, 3.8) is 0 Å². The molecule has 1 heterocycles. The third-order valence-electron chi connectivity index (χ3n) is 5.96. The Bertz CT molecular complexity index is 1250. The van der Waals surface area contributed by atoms with E-state index in [0.717, 1.165) is 49.7 Å². The fourth-order valence-electron chi connectivity index (χ4n) is 4.04. The number of aromatic hydroxyl groups is 1. The summed E-state index contributed by atoms with van der Waals surface area (Å²) in [5.74, 6) is -0.817. The van der Waals surface area contributed by atoms with Gasteiger partial charge in [0.25, 0.3) is 5.91 Å². The smallest absolute Gasteiger partial charge is 0.259 e. The van der Waals surface area contributed by atoms with E-state index in [4.69, 9.17) is 5.53 Å². The highest BCUT2D eigenvalue weighted by Gasteiger charge is 2.19. The van der Waals surface area contributed by atoms with Crippen LogP contribution in [0.25, 0.3) is 21.3 Å². The number of azide groups is 1. The molecule has 0 radical (unpaired) electrons. The number of halogens is 1. The molecule has 0 bridgehead atoms. The summed E-state index contributed by atoms with van der Waals surface area (Å²) in [6.45, 7) is 6.74. The van der Waals surface area contributed by atoms with Gasteiger partial charge in [-0.1, -0.05) is 43.9 Å². The summed E-state index contributed by atoms with van der Waals surface area (Å²) in [6, 6.07) is 9.96. The Labute approximate surface area is 224 Å². The minimum absolute atomic E-state index is 0.0481. The van der Waals surface area contributed by atoms with Crippen LogP contribution in [0.4, 0.5) is 11.4 Å². The maximum absolute atomic E-state index is 13.0. The van der Waals surface area contributed by atoms with E-state index < -0.39 is 12.0 Å². The number of aromatic nitrogens is 1. The maximum Gasteiger partial charge on any atom is 0.259 e. The predicted octanol–water partition coefficient (Wildman–Crippen LogP) is 6.67. The Kier molecular flexibility index (Phi) is 10.3. The molecular weight excluding hydrogens is 571 g/mol. The molecule has 9 nitrogen and oxygen atoms in total. The molecule has 0 saturated heterocycles. The molecule has 1 aromatic heterocycles. The number of aliphatic hydroxyl groups is 1. The number of carbonyl (C=O) groups is 1. The molecule has 1 unspecified atom stereocenters. The summed E-state index contributed by atoms with van der Waals surface area (Å²) < 4.78 is 0.533. The molecule has 0 saturated carbocycles. The number of carbonyl (C=O) groups excluding carboxylic acids is 1. The van der Waals surface area contributed by atoms with Crippen molar-refractivity contribution < 1.29 is 15.0 Å². The molecule has 10 heteroatoms. The molecule has 3 rings (SSSR count). The number of hydrogen-bond donors (Lipinski definition) is 3. The first-order valence-corrected chi connectivity index (χ1v) is 13.1. The van der Waals surface area contributed by atoms with Crippen LogP contribution in [0.5, 0.6) is 5.75 Å². The van der Waals surface area contributed by atoms with Crippen molar-refractivity contribution >= 4 is 50.8 Å². The number of amides is 1. The van der Waals surface area contributed by atoms with Crippen molar-refractivity contribution in [2.24, 2.45) is 5.11 Å². The van der Waals surface area contributed by atoms with Crippen LogP contribution in [0.15, 0.2) is 47.7 Å². The van der Waals surface area contributed by atoms with Crippen LogP contribution in [0, 0.1) is 3.57 Å². The van der Waals surface area contributed by atoms with Crippen molar-refractivity contribution in [3.05, 3.63) is 67.7 Å². The van der Waals surface area contributed by atoms with E-state index in [1.807, 2.05) is 34.7 Å². The highest BCUT2D eigenvalue weighted by atomic mass is 127. The lowest BCUT2D eigenvalue weighted by Crippen LogP contribution is -2.30. The number of unbranched alkanes of at least 4 members (excludes halogenated alkanes) is 2. The summed E-state index contributed by atoms with van der Waals surface area (Å²) in [6.07, 6.45) is 5.30. The molecule has 3 aromatic rings. The molecule has 0 fully saturated rings. The van der Waals surface area contributed by atoms with Gasteiger partial charge in [0.1, 0.15) is 5.75 Å². The van der Waals surface area contributed by atoms with Crippen molar-refractivity contribution in [1.82, 2.24) is 9.88 Å². The van der Waals surface area contributed by atoms with Crippen LogP contribution in [0.1, 0.15) is 61.6 Å². The lowest BCUT2D eigenvalue weighted by Gasteiger charge is -2.25. The SMILES string of the molecule is CCCCN(CCCC)CC(O)c1ccnc2c(NC(=O)c3cc(I)c(N=[N+]=[N-])cc3O)cccc12. The number of aliphatic hydroxyl groups excluding tert-OH is 1. The van der Waals surface area contributed by atoms with Crippen molar-refractivity contribution in [2.75, 3.05) is 25.0 Å². The Balaban J connectivity index is 1.88. The quantitative estimate of drug-likeness (QED) is 0.0921. The number of fused-ring (bicyclic) bond motifs is 1. The van der Waals surface area contributed by atoms with Gasteiger partial charge in [-0.2, -0.15) is 0 Å². The largest absolute Gasteiger partial charge is 0.507 e. The number of para-hydroxylation sites is 1. The standard InChI is InChI=1S/C26H31IN6O3/c1-3-5-12-33(13-6-4-2)16-24(35)17-10-11-29-25-18(17)8-7-9-21(25)30-26(36)19-14-20(27)22(31-32-28)15-23(19)34/h7-11,14-15,24,34-35H,3-6,12-13,16H2,1-2H3,(H,30,36). The molecule has 1 amide bonds. The number of phenols is 1. The zero-order valence-electron chi connectivity index (χ0n) is 20.5. The predicted molar refractivity (Wildman–Crippen MR) is 151 cm³/mol. The molecule has 3 N–H and O–H groups in total. The second-order valence-corrected chi connectivity index (χ2v) is 9.75. The lowest BCUT2D eigenvalue weighted by atomic mass is 10.0. The van der Waals surface area contributed by atoms with E-state index in [0.29, 0.717) is 21.3 Å². The second-order valence-electron chi connectivity index (χ2n) is 8.59. The molecule has 0 aliphatic carbocycles. The minimum atomic E-state index is -0.700. The summed E-state index contributed by atoms with van der Waals surface area (Å²) in [5, 5.41) is 28.6. The lowest BCUT2D eigenvalue weighted by molar-refractivity contribution is 0.102. The summed E-state index contributed by atoms with van der Waals surface area (Å²) in [4.78, 5) is 22.5. The summed E-state index contributed by atoms with van der Waals surface area (Å²) in [7, 11) is 0. The third kappa shape index (κ3) is 6.85. The van der Waals surface area contributed by atoms with Gasteiger partial charge in [-0.15, -0.1) is 0 Å². The van der Waals surface area contributed by atoms with Gasteiger partial charge in [0, 0.05) is 26.6 Å². The van der Waals surface area contributed by atoms with Crippen LogP contribution in [0.2, 0.25) is 0 Å². The Morgan fingerprint density at radius 2 is 1.94 bits per heavy atom. The van der Waals surface area contributed by atoms with Crippen molar-refractivity contribution in [3.8, 4) is 5.75 Å². The van der Waals surface area contributed by atoms with Crippen molar-refractivity contribution in [1.29, 1.82) is 0 Å². The summed E-state index contributed by atoms with van der Waals surface area (Å²) >= 11 is 1.94. The van der Waals surface area contributed by atoms with Gasteiger partial charge in [0.15, 0.2) is 0 Å². The van der Waals surface area contributed by atoms with Crippen LogP contribution in [0.3, 0.4) is 0 Å². The van der Waals surface area contributed by atoms with Crippen LogP contribution < -0.4 is 5.32 Å². The number of anilines is 1. The number of phenolic OH excluding ortho intramolecular Hbond substituents is 1. The number of pyridine rings is 1. The topological polar surface area (TPSA) is 134 Å². The van der Waals surface area contributed by atoms with E-state index in [1.54, 1.807) is 18.3 Å². The van der Waals surface area contributed by atoms with E-state index in [-0.39, 0.29) is 17.0 Å². The van der Waals surface area contributed by atoms with Gasteiger partial charge in [-0.3, -0.25) is 9.78 Å². The molecule has 0 aliphatic rings. The van der Waals surface area contributed by atoms with Gasteiger partial charge in [-0.25, -0.2) is 0 Å². The fraction of sp³-hybridized carbons (Fsp3) is 0.385. The molecular formula is C26H31IN6O3. The summed E-state index contributed by atoms with van der Waals surface area (Å²) in [5.41, 5.74) is 10.7. The molecule has 2 aromatic carbocycles. The molecule has 190 valence electrons. The van der Waals surface area contributed by atoms with Crippen LogP contribution in [-0.4, -0.2) is 45.6 Å². The average molecular weight is 602 g/mol. The minimum Gasteiger partial charge on any atom is -0.507 e. The van der Waals surface area contributed by atoms with E-state index >= 15 is 0 Å². The first-order chi connectivity index (χ1) is 17.4.